The molecule has 0 atom stereocenters. The van der Waals surface area contributed by atoms with E-state index in [-0.39, 0.29) is 10.8 Å². The lowest BCUT2D eigenvalue weighted by atomic mass is 10.2. The van der Waals surface area contributed by atoms with E-state index >= 15 is 0 Å². The fraction of sp³-hybridized carbons (Fsp3) is 0.417. The topological polar surface area (TPSA) is 55.7 Å². The Bertz CT molecular complexity index is 527. The number of hydrogen-bond acceptors (Lipinski definition) is 3. The highest BCUT2D eigenvalue weighted by Crippen LogP contribution is 2.19. The summed E-state index contributed by atoms with van der Waals surface area (Å²) in [6.07, 6.45) is 0.445. The van der Waals surface area contributed by atoms with Crippen LogP contribution >= 0.6 is 0 Å². The number of rotatable bonds is 3. The summed E-state index contributed by atoms with van der Waals surface area (Å²) in [6, 6.07) is 5.27. The van der Waals surface area contributed by atoms with Crippen LogP contribution in [0.3, 0.4) is 0 Å². The Kier molecular flexibility index (Phi) is 4.28. The van der Waals surface area contributed by atoms with Crippen molar-refractivity contribution in [1.82, 2.24) is 0 Å². The minimum absolute atomic E-state index is 0.214. The summed E-state index contributed by atoms with van der Waals surface area (Å²) in [5.41, 5.74) is 1.57. The fourth-order valence-corrected chi connectivity index (χ4v) is 2.79. The first-order chi connectivity index (χ1) is 7.90. The molecule has 0 N–H and O–H groups in total. The molecule has 1 aromatic rings. The summed E-state index contributed by atoms with van der Waals surface area (Å²) in [6.45, 7) is 5.39. The molecule has 94 valence electrons. The second kappa shape index (κ2) is 5.31. The summed E-state index contributed by atoms with van der Waals surface area (Å²) >= 11 is 0. The molecule has 0 aliphatic heterocycles. The number of nitrogens with zero attached hydrogens (tertiary/aromatic N) is 1. The van der Waals surface area contributed by atoms with E-state index in [0.29, 0.717) is 12.0 Å². The molecule has 1 rings (SSSR count). The van der Waals surface area contributed by atoms with E-state index in [1.54, 1.807) is 26.0 Å². The van der Waals surface area contributed by atoms with Gasteiger partial charge in [-0.25, -0.2) is 0 Å². The van der Waals surface area contributed by atoms with Crippen molar-refractivity contribution in [3.05, 3.63) is 29.3 Å². The van der Waals surface area contributed by atoms with Crippen LogP contribution in [0.1, 0.15) is 24.5 Å². The first kappa shape index (κ1) is 13.7. The van der Waals surface area contributed by atoms with Crippen LogP contribution in [-0.2, 0) is 14.8 Å². The van der Waals surface area contributed by atoms with Gasteiger partial charge in [-0.15, -0.1) is 4.40 Å². The molecule has 0 aliphatic rings. The molecule has 0 radical (unpaired) electrons. The van der Waals surface area contributed by atoms with Crippen molar-refractivity contribution in [2.24, 2.45) is 4.40 Å². The van der Waals surface area contributed by atoms with Crippen molar-refractivity contribution in [3.8, 4) is 0 Å². The fourth-order valence-electron chi connectivity index (χ4n) is 1.41. The van der Waals surface area contributed by atoms with Gasteiger partial charge in [-0.3, -0.25) is 0 Å². The zero-order valence-corrected chi connectivity index (χ0v) is 11.3. The maximum Gasteiger partial charge on any atom is 0.285 e. The minimum Gasteiger partial charge on any atom is -0.484 e. The van der Waals surface area contributed by atoms with Gasteiger partial charge in [0, 0.05) is 6.42 Å². The van der Waals surface area contributed by atoms with Crippen LogP contribution in [0.15, 0.2) is 27.5 Å². The summed E-state index contributed by atoms with van der Waals surface area (Å²) < 4.78 is 32.7. The van der Waals surface area contributed by atoms with Gasteiger partial charge in [-0.1, -0.05) is 19.1 Å². The van der Waals surface area contributed by atoms with E-state index in [4.69, 9.17) is 4.74 Å². The molecule has 0 aliphatic carbocycles. The molecule has 0 bridgehead atoms. The van der Waals surface area contributed by atoms with Gasteiger partial charge in [0.2, 0.25) is 0 Å². The molecule has 0 aromatic heterocycles. The minimum atomic E-state index is -3.67. The number of methoxy groups -OCH3 is 1. The lowest BCUT2D eigenvalue weighted by molar-refractivity contribution is 0.393. The molecule has 0 amide bonds. The number of ether oxygens (including phenoxy) is 1. The number of hydrogen-bond donors (Lipinski definition) is 0. The third kappa shape index (κ3) is 3.30. The molecule has 0 saturated carbocycles. The zero-order chi connectivity index (χ0) is 13.1. The molecule has 1 aromatic carbocycles. The molecule has 0 saturated heterocycles. The molecule has 0 fully saturated rings. The van der Waals surface area contributed by atoms with Crippen LogP contribution in [0.2, 0.25) is 0 Å². The molecule has 0 unspecified atom stereocenters. The van der Waals surface area contributed by atoms with Gasteiger partial charge < -0.3 is 4.74 Å². The maximum atomic E-state index is 12.1. The predicted molar refractivity (Wildman–Crippen MR) is 67.8 cm³/mol. The van der Waals surface area contributed by atoms with E-state index in [1.165, 1.54) is 7.11 Å². The van der Waals surface area contributed by atoms with Crippen LogP contribution < -0.4 is 0 Å². The first-order valence-electron chi connectivity index (χ1n) is 5.35. The average Bonchev–Trinajstić information content (AvgIpc) is 2.29. The van der Waals surface area contributed by atoms with Crippen molar-refractivity contribution in [2.45, 2.75) is 32.1 Å². The second-order valence-electron chi connectivity index (χ2n) is 3.79. The monoisotopic (exact) mass is 255 g/mol. The van der Waals surface area contributed by atoms with Crippen LogP contribution in [-0.4, -0.2) is 21.4 Å². The molecule has 0 heterocycles. The summed E-state index contributed by atoms with van der Waals surface area (Å²) in [5.74, 6) is 0.214. The van der Waals surface area contributed by atoms with Crippen molar-refractivity contribution in [2.75, 3.05) is 7.11 Å². The van der Waals surface area contributed by atoms with E-state index in [9.17, 15) is 8.42 Å². The number of benzene rings is 1. The quantitative estimate of drug-likeness (QED) is 0.615. The van der Waals surface area contributed by atoms with Crippen molar-refractivity contribution >= 4 is 15.9 Å². The highest BCUT2D eigenvalue weighted by atomic mass is 32.2. The van der Waals surface area contributed by atoms with Crippen molar-refractivity contribution in [1.29, 1.82) is 0 Å². The molecule has 0 spiro atoms. The molecule has 17 heavy (non-hydrogen) atoms. The Balaban J connectivity index is 3.31. The zero-order valence-electron chi connectivity index (χ0n) is 10.5. The van der Waals surface area contributed by atoms with Crippen LogP contribution in [0.5, 0.6) is 0 Å². The van der Waals surface area contributed by atoms with E-state index < -0.39 is 10.0 Å². The van der Waals surface area contributed by atoms with Crippen LogP contribution in [0.25, 0.3) is 0 Å². The highest BCUT2D eigenvalue weighted by Gasteiger charge is 2.17. The van der Waals surface area contributed by atoms with Gasteiger partial charge in [-0.2, -0.15) is 8.42 Å². The summed E-state index contributed by atoms with van der Waals surface area (Å²) in [4.78, 5) is 0.237. The maximum absolute atomic E-state index is 12.1. The predicted octanol–water partition coefficient (Wildman–Crippen LogP) is 2.45. The Labute approximate surface area is 102 Å². The van der Waals surface area contributed by atoms with E-state index in [0.717, 1.165) is 5.56 Å². The Hall–Kier alpha value is -1.36. The molecular formula is C12H17NO3S. The number of aryl methyl sites for hydroxylation is 2. The molecular weight excluding hydrogens is 238 g/mol. The SMILES string of the molecule is CC/C(=N/S(=O)(=O)c1cc(C)ccc1C)OC. The third-order valence-electron chi connectivity index (χ3n) is 2.38. The standard InChI is InChI=1S/C12H17NO3S/c1-5-12(16-4)13-17(14,15)11-8-9(2)6-7-10(11)3/h6-8H,5H2,1-4H3/b13-12-. The van der Waals surface area contributed by atoms with Crippen molar-refractivity contribution in [3.63, 3.8) is 0 Å². The first-order valence-corrected chi connectivity index (χ1v) is 6.79. The van der Waals surface area contributed by atoms with Gasteiger partial charge in [0.15, 0.2) is 5.90 Å². The van der Waals surface area contributed by atoms with Gasteiger partial charge >= 0.3 is 0 Å². The lowest BCUT2D eigenvalue weighted by Crippen LogP contribution is -2.07. The van der Waals surface area contributed by atoms with E-state index in [1.807, 2.05) is 13.0 Å². The Morgan fingerprint density at radius 3 is 2.53 bits per heavy atom. The average molecular weight is 255 g/mol. The van der Waals surface area contributed by atoms with Crippen LogP contribution in [0, 0.1) is 13.8 Å². The van der Waals surface area contributed by atoms with Crippen molar-refractivity contribution < 1.29 is 13.2 Å². The van der Waals surface area contributed by atoms with E-state index in [2.05, 4.69) is 4.40 Å². The Morgan fingerprint density at radius 2 is 2.00 bits per heavy atom. The second-order valence-corrected chi connectivity index (χ2v) is 5.36. The lowest BCUT2D eigenvalue weighted by Gasteiger charge is -2.06. The highest BCUT2D eigenvalue weighted by molar-refractivity contribution is 7.90. The van der Waals surface area contributed by atoms with Gasteiger partial charge in [0.1, 0.15) is 0 Å². The third-order valence-corrected chi connectivity index (χ3v) is 3.82. The smallest absolute Gasteiger partial charge is 0.285 e. The Morgan fingerprint density at radius 1 is 1.35 bits per heavy atom. The largest absolute Gasteiger partial charge is 0.484 e. The summed E-state index contributed by atoms with van der Waals surface area (Å²) in [7, 11) is -2.26. The van der Waals surface area contributed by atoms with Gasteiger partial charge in [-0.05, 0) is 31.0 Å². The summed E-state index contributed by atoms with van der Waals surface area (Å²) in [5, 5.41) is 0. The normalized spacial score (nSPS) is 12.6. The number of sulfonamides is 1. The van der Waals surface area contributed by atoms with Gasteiger partial charge in [0.25, 0.3) is 10.0 Å². The molecule has 4 nitrogen and oxygen atoms in total. The van der Waals surface area contributed by atoms with Gasteiger partial charge in [0.05, 0.1) is 12.0 Å². The van der Waals surface area contributed by atoms with Crippen LogP contribution in [0.4, 0.5) is 0 Å². The molecule has 5 heteroatoms.